The van der Waals surface area contributed by atoms with Crippen LogP contribution in [-0.2, 0) is 0 Å². The molecule has 0 unspecified atom stereocenters. The second-order valence-corrected chi connectivity index (χ2v) is 6.48. The lowest BCUT2D eigenvalue weighted by molar-refractivity contribution is 0.0695. The number of carboxylic acid groups (broad SMARTS) is 1. The molecule has 0 radical (unpaired) electrons. The number of anilines is 1. The maximum atomic E-state index is 12.9. The lowest BCUT2D eigenvalue weighted by Crippen LogP contribution is -2.40. The molecule has 0 aromatic heterocycles. The van der Waals surface area contributed by atoms with Gasteiger partial charge in [0.2, 0.25) is 0 Å². The first-order chi connectivity index (χ1) is 12.0. The second-order valence-electron chi connectivity index (χ2n) is 5.62. The van der Waals surface area contributed by atoms with Crippen LogP contribution in [0.2, 0.25) is 0 Å². The SMILES string of the molecule is O=C(O)c1cccc(N2C(=O)c3cccc4c(Br)ccc(c34)C2=O)c1. The van der Waals surface area contributed by atoms with Crippen LogP contribution < -0.4 is 4.90 Å². The Bertz CT molecular complexity index is 1070. The molecule has 1 heterocycles. The molecule has 4 rings (SSSR count). The zero-order valence-corrected chi connectivity index (χ0v) is 14.3. The van der Waals surface area contributed by atoms with Crippen molar-refractivity contribution in [2.75, 3.05) is 4.90 Å². The predicted molar refractivity (Wildman–Crippen MR) is 96.2 cm³/mol. The fraction of sp³-hybridized carbons (Fsp3) is 0. The van der Waals surface area contributed by atoms with E-state index in [4.69, 9.17) is 5.11 Å². The highest BCUT2D eigenvalue weighted by Gasteiger charge is 2.34. The average Bonchev–Trinajstić information content (AvgIpc) is 2.61. The van der Waals surface area contributed by atoms with Crippen molar-refractivity contribution in [1.82, 2.24) is 0 Å². The highest BCUT2D eigenvalue weighted by atomic mass is 79.9. The Hall–Kier alpha value is -2.99. The van der Waals surface area contributed by atoms with E-state index in [1.165, 1.54) is 18.2 Å². The minimum Gasteiger partial charge on any atom is -0.478 e. The number of carbonyl (C=O) groups excluding carboxylic acids is 2. The number of hydrogen-bond donors (Lipinski definition) is 1. The van der Waals surface area contributed by atoms with Crippen LogP contribution in [0.3, 0.4) is 0 Å². The van der Waals surface area contributed by atoms with E-state index in [-0.39, 0.29) is 11.3 Å². The summed E-state index contributed by atoms with van der Waals surface area (Å²) < 4.78 is 0.801. The number of rotatable bonds is 2. The van der Waals surface area contributed by atoms with Crippen molar-refractivity contribution < 1.29 is 19.5 Å². The van der Waals surface area contributed by atoms with Crippen LogP contribution in [0.4, 0.5) is 5.69 Å². The monoisotopic (exact) mass is 395 g/mol. The lowest BCUT2D eigenvalue weighted by atomic mass is 9.93. The molecule has 2 amide bonds. The third kappa shape index (κ3) is 2.26. The van der Waals surface area contributed by atoms with Crippen molar-refractivity contribution in [2.24, 2.45) is 0 Å². The van der Waals surface area contributed by atoms with E-state index < -0.39 is 17.8 Å². The van der Waals surface area contributed by atoms with E-state index in [0.29, 0.717) is 16.5 Å². The third-order valence-electron chi connectivity index (χ3n) is 4.21. The van der Waals surface area contributed by atoms with Crippen molar-refractivity contribution in [1.29, 1.82) is 0 Å². The largest absolute Gasteiger partial charge is 0.478 e. The molecule has 3 aromatic carbocycles. The van der Waals surface area contributed by atoms with E-state index in [9.17, 15) is 14.4 Å². The van der Waals surface area contributed by atoms with Gasteiger partial charge in [-0.05, 0) is 41.8 Å². The molecule has 0 saturated heterocycles. The Morgan fingerprint density at radius 1 is 0.920 bits per heavy atom. The molecule has 5 nitrogen and oxygen atoms in total. The van der Waals surface area contributed by atoms with Gasteiger partial charge < -0.3 is 5.11 Å². The van der Waals surface area contributed by atoms with Crippen LogP contribution in [0.25, 0.3) is 10.8 Å². The minimum atomic E-state index is -1.12. The number of nitrogens with zero attached hydrogens (tertiary/aromatic N) is 1. The number of hydrogen-bond acceptors (Lipinski definition) is 3. The van der Waals surface area contributed by atoms with Gasteiger partial charge in [0.15, 0.2) is 0 Å². The van der Waals surface area contributed by atoms with Crippen LogP contribution in [-0.4, -0.2) is 22.9 Å². The number of imide groups is 1. The minimum absolute atomic E-state index is 0.0120. The van der Waals surface area contributed by atoms with Gasteiger partial charge in [-0.3, -0.25) is 9.59 Å². The summed E-state index contributed by atoms with van der Waals surface area (Å²) in [5, 5.41) is 10.6. The third-order valence-corrected chi connectivity index (χ3v) is 4.90. The van der Waals surface area contributed by atoms with E-state index >= 15 is 0 Å². The van der Waals surface area contributed by atoms with Crippen molar-refractivity contribution in [3.8, 4) is 0 Å². The molecule has 0 fully saturated rings. The first kappa shape index (κ1) is 15.5. The van der Waals surface area contributed by atoms with Gasteiger partial charge in [0.1, 0.15) is 0 Å². The molecule has 25 heavy (non-hydrogen) atoms. The van der Waals surface area contributed by atoms with Gasteiger partial charge in [-0.1, -0.05) is 34.1 Å². The van der Waals surface area contributed by atoms with Gasteiger partial charge in [0.25, 0.3) is 11.8 Å². The van der Waals surface area contributed by atoms with E-state index in [1.807, 2.05) is 6.07 Å². The Balaban J connectivity index is 1.96. The smallest absolute Gasteiger partial charge is 0.335 e. The summed E-state index contributed by atoms with van der Waals surface area (Å²) in [4.78, 5) is 38.1. The number of benzene rings is 3. The number of amides is 2. The van der Waals surface area contributed by atoms with Gasteiger partial charge in [0.05, 0.1) is 11.3 Å². The van der Waals surface area contributed by atoms with Crippen LogP contribution in [0.1, 0.15) is 31.1 Å². The second kappa shape index (κ2) is 5.53. The maximum absolute atomic E-state index is 12.9. The van der Waals surface area contributed by atoms with E-state index in [1.54, 1.807) is 30.3 Å². The number of aromatic carboxylic acids is 1. The summed E-state index contributed by atoms with van der Waals surface area (Å²) in [5.41, 5.74) is 1.07. The van der Waals surface area contributed by atoms with Crippen LogP contribution in [0.15, 0.2) is 59.1 Å². The van der Waals surface area contributed by atoms with E-state index in [0.717, 1.165) is 14.8 Å². The Morgan fingerprint density at radius 2 is 1.60 bits per heavy atom. The fourth-order valence-corrected chi connectivity index (χ4v) is 3.54. The normalized spacial score (nSPS) is 13.4. The van der Waals surface area contributed by atoms with Crippen molar-refractivity contribution in [3.63, 3.8) is 0 Å². The van der Waals surface area contributed by atoms with Gasteiger partial charge in [-0.2, -0.15) is 0 Å². The molecule has 0 spiro atoms. The van der Waals surface area contributed by atoms with Gasteiger partial charge in [0, 0.05) is 21.0 Å². The van der Waals surface area contributed by atoms with Crippen LogP contribution in [0.5, 0.6) is 0 Å². The lowest BCUT2D eigenvalue weighted by Gasteiger charge is -2.27. The number of carboxylic acids is 1. The van der Waals surface area contributed by atoms with Crippen molar-refractivity contribution >= 4 is 50.2 Å². The standard InChI is InChI=1S/C19H10BrNO4/c20-15-8-7-14-16-12(15)5-2-6-13(16)17(22)21(18(14)23)11-4-1-3-10(9-11)19(24)25/h1-9H,(H,24,25). The quantitative estimate of drug-likeness (QED) is 0.662. The molecule has 6 heteroatoms. The first-order valence-corrected chi connectivity index (χ1v) is 8.21. The summed E-state index contributed by atoms with van der Waals surface area (Å²) in [5.74, 6) is -2.06. The maximum Gasteiger partial charge on any atom is 0.335 e. The topological polar surface area (TPSA) is 74.7 Å². The molecule has 0 bridgehead atoms. The summed E-state index contributed by atoms with van der Waals surface area (Å²) in [7, 11) is 0. The number of halogens is 1. The fourth-order valence-electron chi connectivity index (χ4n) is 3.07. The average molecular weight is 396 g/mol. The van der Waals surface area contributed by atoms with Crippen molar-refractivity contribution in [3.05, 3.63) is 75.8 Å². The molecule has 122 valence electrons. The Morgan fingerprint density at radius 3 is 2.32 bits per heavy atom. The Kier molecular flexibility index (Phi) is 3.43. The summed E-state index contributed by atoms with van der Waals surface area (Å²) in [6.45, 7) is 0. The molecule has 0 atom stereocenters. The molecule has 0 saturated carbocycles. The van der Waals surface area contributed by atoms with Crippen LogP contribution >= 0.6 is 15.9 Å². The molecule has 3 aromatic rings. The highest BCUT2D eigenvalue weighted by Crippen LogP contribution is 2.36. The zero-order valence-electron chi connectivity index (χ0n) is 12.7. The summed E-state index contributed by atoms with van der Waals surface area (Å²) >= 11 is 3.44. The molecule has 1 N–H and O–H groups in total. The zero-order chi connectivity index (χ0) is 17.7. The molecule has 1 aliphatic rings. The Labute approximate surface area is 150 Å². The van der Waals surface area contributed by atoms with E-state index in [2.05, 4.69) is 15.9 Å². The van der Waals surface area contributed by atoms with Gasteiger partial charge >= 0.3 is 5.97 Å². The molecule has 1 aliphatic heterocycles. The number of carbonyl (C=O) groups is 3. The summed E-state index contributed by atoms with van der Waals surface area (Å²) in [6, 6.07) is 14.5. The molecular weight excluding hydrogens is 386 g/mol. The van der Waals surface area contributed by atoms with Gasteiger partial charge in [-0.15, -0.1) is 0 Å². The predicted octanol–water partition coefficient (Wildman–Crippen LogP) is 4.10. The molecular formula is C19H10BrNO4. The van der Waals surface area contributed by atoms with Crippen LogP contribution in [0, 0.1) is 0 Å². The van der Waals surface area contributed by atoms with Gasteiger partial charge in [-0.25, -0.2) is 9.69 Å². The summed E-state index contributed by atoms with van der Waals surface area (Å²) in [6.07, 6.45) is 0. The highest BCUT2D eigenvalue weighted by molar-refractivity contribution is 9.10. The first-order valence-electron chi connectivity index (χ1n) is 7.42. The molecule has 0 aliphatic carbocycles. The van der Waals surface area contributed by atoms with Crippen molar-refractivity contribution in [2.45, 2.75) is 0 Å².